The molecule has 0 atom stereocenters. The number of hydrogen-bond acceptors (Lipinski definition) is 5. The predicted molar refractivity (Wildman–Crippen MR) is 93.0 cm³/mol. The van der Waals surface area contributed by atoms with E-state index >= 15 is 0 Å². The Balaban J connectivity index is 0.00000288. The number of anilines is 1. The molecule has 24 heavy (non-hydrogen) atoms. The van der Waals surface area contributed by atoms with Gasteiger partial charge in [0.1, 0.15) is 11.4 Å². The molecule has 0 spiro atoms. The van der Waals surface area contributed by atoms with Crippen LogP contribution in [-0.4, -0.2) is 38.2 Å². The Hall–Kier alpha value is -2.06. The van der Waals surface area contributed by atoms with Gasteiger partial charge in [-0.2, -0.15) is 5.10 Å². The number of hydrogen-bond donors (Lipinski definition) is 1. The van der Waals surface area contributed by atoms with Crippen molar-refractivity contribution in [2.75, 3.05) is 18.0 Å². The molecule has 0 amide bonds. The van der Waals surface area contributed by atoms with Crippen molar-refractivity contribution >= 4 is 34.1 Å². The van der Waals surface area contributed by atoms with Crippen molar-refractivity contribution in [1.29, 1.82) is 0 Å². The standard InChI is InChI=1S/C15H19N3O4S.ClH/c1-10-5-7-13(8-6-10)18(9-14(19)22-4)23(20,21)15-11(2)16-17-12(15)3;/h5-8H,9H2,1-4H3,(H,16,17);1H. The summed E-state index contributed by atoms with van der Waals surface area (Å²) in [5.41, 5.74) is 2.15. The summed E-state index contributed by atoms with van der Waals surface area (Å²) < 4.78 is 31.7. The maximum absolute atomic E-state index is 13.0. The first-order valence-electron chi connectivity index (χ1n) is 6.95. The average Bonchev–Trinajstić information content (AvgIpc) is 2.85. The van der Waals surface area contributed by atoms with Gasteiger partial charge in [-0.25, -0.2) is 8.42 Å². The highest BCUT2D eigenvalue weighted by molar-refractivity contribution is 7.93. The van der Waals surface area contributed by atoms with Gasteiger partial charge in [0.05, 0.1) is 24.2 Å². The first-order chi connectivity index (χ1) is 10.8. The summed E-state index contributed by atoms with van der Waals surface area (Å²) in [5.74, 6) is -0.645. The van der Waals surface area contributed by atoms with E-state index in [1.807, 2.05) is 6.92 Å². The molecule has 9 heteroatoms. The lowest BCUT2D eigenvalue weighted by Crippen LogP contribution is -2.36. The van der Waals surface area contributed by atoms with Gasteiger partial charge in [-0.15, -0.1) is 12.4 Å². The summed E-state index contributed by atoms with van der Waals surface area (Å²) in [6.45, 7) is 4.71. The lowest BCUT2D eigenvalue weighted by Gasteiger charge is -2.23. The van der Waals surface area contributed by atoms with Crippen LogP contribution >= 0.6 is 12.4 Å². The lowest BCUT2D eigenvalue weighted by atomic mass is 10.2. The number of H-pyrrole nitrogens is 1. The van der Waals surface area contributed by atoms with E-state index in [2.05, 4.69) is 14.9 Å². The van der Waals surface area contributed by atoms with Crippen LogP contribution in [0.3, 0.4) is 0 Å². The summed E-state index contributed by atoms with van der Waals surface area (Å²) in [5, 5.41) is 6.58. The van der Waals surface area contributed by atoms with E-state index in [-0.39, 0.29) is 17.3 Å². The van der Waals surface area contributed by atoms with Crippen molar-refractivity contribution in [1.82, 2.24) is 10.2 Å². The summed E-state index contributed by atoms with van der Waals surface area (Å²) >= 11 is 0. The Kier molecular flexibility index (Phi) is 6.39. The zero-order valence-electron chi connectivity index (χ0n) is 13.9. The second kappa shape index (κ2) is 7.67. The molecule has 7 nitrogen and oxygen atoms in total. The summed E-state index contributed by atoms with van der Waals surface area (Å²) in [6.07, 6.45) is 0. The number of halogens is 1. The molecule has 0 saturated heterocycles. The SMILES string of the molecule is COC(=O)CN(c1ccc(C)cc1)S(=O)(=O)c1c(C)n[nH]c1C.Cl. The van der Waals surface area contributed by atoms with Gasteiger partial charge < -0.3 is 4.74 Å². The Bertz CT molecular complexity index is 796. The molecule has 1 N–H and O–H groups in total. The zero-order chi connectivity index (χ0) is 17.2. The van der Waals surface area contributed by atoms with E-state index in [4.69, 9.17) is 0 Å². The van der Waals surface area contributed by atoms with Gasteiger partial charge in [0.15, 0.2) is 0 Å². The van der Waals surface area contributed by atoms with Crippen molar-refractivity contribution in [2.45, 2.75) is 25.7 Å². The number of aromatic nitrogens is 2. The maximum atomic E-state index is 13.0. The molecule has 0 aliphatic heterocycles. The highest BCUT2D eigenvalue weighted by Gasteiger charge is 2.31. The molecule has 0 aliphatic carbocycles. The third-order valence-electron chi connectivity index (χ3n) is 3.43. The third kappa shape index (κ3) is 3.88. The van der Waals surface area contributed by atoms with Gasteiger partial charge in [-0.05, 0) is 32.9 Å². The highest BCUT2D eigenvalue weighted by atomic mass is 35.5. The van der Waals surface area contributed by atoms with Crippen LogP contribution in [0.2, 0.25) is 0 Å². The number of rotatable bonds is 5. The Labute approximate surface area is 147 Å². The molecule has 1 aromatic carbocycles. The summed E-state index contributed by atoms with van der Waals surface area (Å²) in [7, 11) is -2.73. The Morgan fingerprint density at radius 3 is 2.25 bits per heavy atom. The van der Waals surface area contributed by atoms with Crippen LogP contribution in [-0.2, 0) is 19.6 Å². The Morgan fingerprint density at radius 2 is 1.79 bits per heavy atom. The number of methoxy groups -OCH3 is 1. The van der Waals surface area contributed by atoms with Crippen LogP contribution in [0.25, 0.3) is 0 Å². The van der Waals surface area contributed by atoms with Gasteiger partial charge in [-0.1, -0.05) is 17.7 Å². The molecular formula is C15H20ClN3O4S. The molecule has 0 unspecified atom stereocenters. The number of nitrogens with one attached hydrogen (secondary N) is 1. The molecule has 2 rings (SSSR count). The number of esters is 1. The number of aryl methyl sites for hydroxylation is 3. The molecule has 2 aromatic rings. The van der Waals surface area contributed by atoms with Crippen LogP contribution in [0.1, 0.15) is 17.0 Å². The van der Waals surface area contributed by atoms with Crippen molar-refractivity contribution < 1.29 is 17.9 Å². The molecule has 0 bridgehead atoms. The van der Waals surface area contributed by atoms with E-state index < -0.39 is 22.5 Å². The fourth-order valence-corrected chi connectivity index (χ4v) is 3.99. The molecule has 1 heterocycles. The largest absolute Gasteiger partial charge is 0.468 e. The number of carbonyl (C=O) groups is 1. The van der Waals surface area contributed by atoms with Gasteiger partial charge in [0, 0.05) is 0 Å². The van der Waals surface area contributed by atoms with Crippen molar-refractivity contribution in [3.8, 4) is 0 Å². The van der Waals surface area contributed by atoms with E-state index in [1.54, 1.807) is 38.1 Å². The predicted octanol–water partition coefficient (Wildman–Crippen LogP) is 2.13. The number of nitrogens with zero attached hydrogens (tertiary/aromatic N) is 2. The number of ether oxygens (including phenoxy) is 1. The zero-order valence-corrected chi connectivity index (χ0v) is 15.5. The van der Waals surface area contributed by atoms with E-state index in [0.717, 1.165) is 9.87 Å². The smallest absolute Gasteiger partial charge is 0.326 e. The van der Waals surface area contributed by atoms with Gasteiger partial charge in [0.2, 0.25) is 0 Å². The number of carbonyl (C=O) groups excluding carboxylic acids is 1. The normalized spacial score (nSPS) is 10.8. The maximum Gasteiger partial charge on any atom is 0.326 e. The Morgan fingerprint density at radius 1 is 1.21 bits per heavy atom. The number of benzene rings is 1. The third-order valence-corrected chi connectivity index (χ3v) is 5.47. The lowest BCUT2D eigenvalue weighted by molar-refractivity contribution is -0.138. The monoisotopic (exact) mass is 373 g/mol. The number of sulfonamides is 1. The molecule has 1 aromatic heterocycles. The quantitative estimate of drug-likeness (QED) is 0.810. The first kappa shape index (κ1) is 20.0. The summed E-state index contributed by atoms with van der Waals surface area (Å²) in [4.78, 5) is 11.8. The topological polar surface area (TPSA) is 92.4 Å². The molecule has 0 fully saturated rings. The average molecular weight is 374 g/mol. The van der Waals surface area contributed by atoms with E-state index in [9.17, 15) is 13.2 Å². The van der Waals surface area contributed by atoms with Gasteiger partial charge in [-0.3, -0.25) is 14.2 Å². The van der Waals surface area contributed by atoms with Crippen LogP contribution in [0.5, 0.6) is 0 Å². The molecule has 0 aliphatic rings. The minimum atomic E-state index is -3.95. The van der Waals surface area contributed by atoms with Gasteiger partial charge in [0.25, 0.3) is 10.0 Å². The van der Waals surface area contributed by atoms with Crippen molar-refractivity contribution in [3.05, 3.63) is 41.2 Å². The van der Waals surface area contributed by atoms with Crippen LogP contribution < -0.4 is 4.31 Å². The molecule has 0 radical (unpaired) electrons. The minimum Gasteiger partial charge on any atom is -0.468 e. The van der Waals surface area contributed by atoms with Crippen molar-refractivity contribution in [3.63, 3.8) is 0 Å². The molecular weight excluding hydrogens is 354 g/mol. The molecule has 0 saturated carbocycles. The second-order valence-electron chi connectivity index (χ2n) is 5.19. The first-order valence-corrected chi connectivity index (χ1v) is 8.39. The molecule has 132 valence electrons. The van der Waals surface area contributed by atoms with Crippen LogP contribution in [0.15, 0.2) is 29.2 Å². The van der Waals surface area contributed by atoms with Crippen LogP contribution in [0.4, 0.5) is 5.69 Å². The summed E-state index contributed by atoms with van der Waals surface area (Å²) in [6, 6.07) is 6.87. The fraction of sp³-hybridized carbons (Fsp3) is 0.333. The van der Waals surface area contributed by atoms with E-state index in [0.29, 0.717) is 17.1 Å². The fourth-order valence-electron chi connectivity index (χ4n) is 2.24. The van der Waals surface area contributed by atoms with Crippen molar-refractivity contribution in [2.24, 2.45) is 0 Å². The van der Waals surface area contributed by atoms with Crippen LogP contribution in [0, 0.1) is 20.8 Å². The second-order valence-corrected chi connectivity index (χ2v) is 6.99. The minimum absolute atomic E-state index is 0. The van der Waals surface area contributed by atoms with Gasteiger partial charge >= 0.3 is 5.97 Å². The van der Waals surface area contributed by atoms with E-state index in [1.165, 1.54) is 7.11 Å². The number of aromatic amines is 1. The highest BCUT2D eigenvalue weighted by Crippen LogP contribution is 2.27.